The van der Waals surface area contributed by atoms with E-state index in [2.05, 4.69) is 18.0 Å². The number of para-hydroxylation sites is 1. The molecular formula is C18H18N2OS2. The molecule has 4 rings (SSSR count). The molecular weight excluding hydrogens is 324 g/mol. The summed E-state index contributed by atoms with van der Waals surface area (Å²) < 4.78 is 1.19. The van der Waals surface area contributed by atoms with Crippen molar-refractivity contribution in [3.8, 4) is 9.88 Å². The molecule has 1 aromatic carbocycles. The van der Waals surface area contributed by atoms with Crippen molar-refractivity contribution in [1.82, 2.24) is 9.88 Å². The third-order valence-electron chi connectivity index (χ3n) is 4.39. The van der Waals surface area contributed by atoms with E-state index in [9.17, 15) is 4.79 Å². The number of hydrogen-bond donors (Lipinski definition) is 0. The van der Waals surface area contributed by atoms with Crippen LogP contribution in [0.3, 0.4) is 0 Å². The predicted molar refractivity (Wildman–Crippen MR) is 97.2 cm³/mol. The third-order valence-corrected chi connectivity index (χ3v) is 6.67. The highest BCUT2D eigenvalue weighted by atomic mass is 32.1. The zero-order valence-corrected chi connectivity index (χ0v) is 14.6. The summed E-state index contributed by atoms with van der Waals surface area (Å²) in [6.07, 6.45) is 2.23. The summed E-state index contributed by atoms with van der Waals surface area (Å²) in [5.41, 5.74) is 1.03. The molecule has 1 aliphatic heterocycles. The van der Waals surface area contributed by atoms with E-state index in [1.165, 1.54) is 4.70 Å². The number of nitrogens with zero attached hydrogens (tertiary/aromatic N) is 2. The highest BCUT2D eigenvalue weighted by molar-refractivity contribution is 7.26. The summed E-state index contributed by atoms with van der Waals surface area (Å²) in [5, 5.41) is 1.00. The van der Waals surface area contributed by atoms with Gasteiger partial charge in [0.2, 0.25) is 0 Å². The molecule has 0 spiro atoms. The van der Waals surface area contributed by atoms with Crippen LogP contribution in [0.25, 0.3) is 20.1 Å². The summed E-state index contributed by atoms with van der Waals surface area (Å²) in [7, 11) is 0. The van der Waals surface area contributed by atoms with Crippen LogP contribution in [0.15, 0.2) is 36.4 Å². The van der Waals surface area contributed by atoms with Gasteiger partial charge in [0.1, 0.15) is 5.01 Å². The second-order valence-electron chi connectivity index (χ2n) is 6.13. The molecule has 0 aliphatic carbocycles. The molecule has 0 bridgehead atoms. The zero-order valence-electron chi connectivity index (χ0n) is 13.0. The second kappa shape index (κ2) is 6.06. The van der Waals surface area contributed by atoms with Gasteiger partial charge in [-0.15, -0.1) is 22.7 Å². The number of carbonyl (C=O) groups excluding carboxylic acids is 1. The molecule has 5 heteroatoms. The van der Waals surface area contributed by atoms with Crippen LogP contribution in [0.2, 0.25) is 0 Å². The molecule has 1 fully saturated rings. The maximum atomic E-state index is 12.6. The maximum Gasteiger partial charge on any atom is 0.263 e. The molecule has 3 heterocycles. The number of thiophene rings is 1. The largest absolute Gasteiger partial charge is 0.338 e. The van der Waals surface area contributed by atoms with Gasteiger partial charge >= 0.3 is 0 Å². The average Bonchev–Trinajstić information content (AvgIpc) is 3.21. The smallest absolute Gasteiger partial charge is 0.263 e. The Hall–Kier alpha value is -1.72. The highest BCUT2D eigenvalue weighted by Crippen LogP contribution is 2.35. The Morgan fingerprint density at radius 1 is 1.13 bits per heavy atom. The monoisotopic (exact) mass is 342 g/mol. The van der Waals surface area contributed by atoms with E-state index in [1.54, 1.807) is 22.7 Å². The van der Waals surface area contributed by atoms with E-state index in [4.69, 9.17) is 0 Å². The Bertz CT molecular complexity index is 810. The van der Waals surface area contributed by atoms with Crippen molar-refractivity contribution in [3.63, 3.8) is 0 Å². The van der Waals surface area contributed by atoms with Gasteiger partial charge in [-0.2, -0.15) is 0 Å². The predicted octanol–water partition coefficient (Wildman–Crippen LogP) is 4.90. The fraction of sp³-hybridized carbons (Fsp3) is 0.333. The van der Waals surface area contributed by atoms with E-state index in [0.717, 1.165) is 52.1 Å². The minimum atomic E-state index is 0.175. The van der Waals surface area contributed by atoms with Crippen LogP contribution in [0.5, 0.6) is 0 Å². The van der Waals surface area contributed by atoms with Crippen molar-refractivity contribution in [3.05, 3.63) is 41.3 Å². The van der Waals surface area contributed by atoms with Gasteiger partial charge in [0, 0.05) is 13.1 Å². The molecule has 3 aromatic rings. The Kier molecular flexibility index (Phi) is 3.91. The molecule has 0 unspecified atom stereocenters. The molecule has 23 heavy (non-hydrogen) atoms. The summed E-state index contributed by atoms with van der Waals surface area (Å²) in [6, 6.07) is 12.1. The first kappa shape index (κ1) is 14.8. The first-order valence-electron chi connectivity index (χ1n) is 7.96. The summed E-state index contributed by atoms with van der Waals surface area (Å²) in [4.78, 5) is 21.2. The van der Waals surface area contributed by atoms with Crippen LogP contribution in [-0.4, -0.2) is 28.9 Å². The molecule has 2 aromatic heterocycles. The lowest BCUT2D eigenvalue weighted by atomic mass is 9.99. The van der Waals surface area contributed by atoms with Crippen LogP contribution >= 0.6 is 22.7 Å². The van der Waals surface area contributed by atoms with E-state index in [1.807, 2.05) is 35.2 Å². The number of fused-ring (bicyclic) bond motifs is 1. The lowest BCUT2D eigenvalue weighted by Crippen LogP contribution is -2.37. The van der Waals surface area contributed by atoms with E-state index >= 15 is 0 Å². The Labute approximate surface area is 143 Å². The van der Waals surface area contributed by atoms with Crippen molar-refractivity contribution in [2.24, 2.45) is 5.92 Å². The van der Waals surface area contributed by atoms with Crippen LogP contribution in [-0.2, 0) is 0 Å². The maximum absolute atomic E-state index is 12.6. The van der Waals surface area contributed by atoms with Crippen LogP contribution in [0.4, 0.5) is 0 Å². The number of carbonyl (C=O) groups is 1. The molecule has 0 radical (unpaired) electrons. The van der Waals surface area contributed by atoms with Crippen LogP contribution < -0.4 is 0 Å². The topological polar surface area (TPSA) is 33.2 Å². The third kappa shape index (κ3) is 2.91. The normalized spacial score (nSPS) is 16.1. The molecule has 118 valence electrons. The van der Waals surface area contributed by atoms with Crippen LogP contribution in [0.1, 0.15) is 29.4 Å². The summed E-state index contributed by atoms with van der Waals surface area (Å²) in [5.74, 6) is 0.912. The van der Waals surface area contributed by atoms with Gasteiger partial charge in [-0.1, -0.05) is 19.1 Å². The molecule has 0 saturated carbocycles. The van der Waals surface area contributed by atoms with E-state index in [-0.39, 0.29) is 5.91 Å². The van der Waals surface area contributed by atoms with Gasteiger partial charge in [-0.25, -0.2) is 4.98 Å². The van der Waals surface area contributed by atoms with Gasteiger partial charge in [-0.05, 0) is 43.0 Å². The van der Waals surface area contributed by atoms with Crippen molar-refractivity contribution in [1.29, 1.82) is 0 Å². The fourth-order valence-corrected chi connectivity index (χ4v) is 4.91. The minimum Gasteiger partial charge on any atom is -0.338 e. The first-order chi connectivity index (χ1) is 11.2. The van der Waals surface area contributed by atoms with E-state index in [0.29, 0.717) is 0 Å². The Balaban J connectivity index is 1.57. The molecule has 1 saturated heterocycles. The van der Waals surface area contributed by atoms with E-state index < -0.39 is 0 Å². The number of amides is 1. The lowest BCUT2D eigenvalue weighted by Gasteiger charge is -2.29. The number of rotatable bonds is 2. The summed E-state index contributed by atoms with van der Waals surface area (Å²) >= 11 is 3.25. The van der Waals surface area contributed by atoms with Gasteiger partial charge in [-0.3, -0.25) is 4.79 Å². The Morgan fingerprint density at radius 3 is 2.70 bits per heavy atom. The average molecular weight is 342 g/mol. The molecule has 3 nitrogen and oxygen atoms in total. The standard InChI is InChI=1S/C18H18N2OS2/c1-12-8-10-20(11-9-12)18(21)16-7-6-15(22-16)17-19-13-4-2-3-5-14(13)23-17/h2-7,12H,8-11H2,1H3. The first-order valence-corrected chi connectivity index (χ1v) is 9.59. The number of thiazole rings is 1. The van der Waals surface area contributed by atoms with Crippen molar-refractivity contribution in [2.75, 3.05) is 13.1 Å². The molecule has 0 atom stereocenters. The molecule has 0 N–H and O–H groups in total. The SMILES string of the molecule is CC1CCN(C(=O)c2ccc(-c3nc4ccccc4s3)s2)CC1. The number of piperidine rings is 1. The van der Waals surface area contributed by atoms with Crippen molar-refractivity contribution >= 4 is 38.8 Å². The second-order valence-corrected chi connectivity index (χ2v) is 8.24. The minimum absolute atomic E-state index is 0.175. The zero-order chi connectivity index (χ0) is 15.8. The number of benzene rings is 1. The number of aromatic nitrogens is 1. The lowest BCUT2D eigenvalue weighted by molar-refractivity contribution is 0.0702. The molecule has 1 amide bonds. The highest BCUT2D eigenvalue weighted by Gasteiger charge is 2.23. The molecule has 1 aliphatic rings. The van der Waals surface area contributed by atoms with Gasteiger partial charge in [0.25, 0.3) is 5.91 Å². The van der Waals surface area contributed by atoms with Crippen molar-refractivity contribution < 1.29 is 4.79 Å². The van der Waals surface area contributed by atoms with Gasteiger partial charge in [0.15, 0.2) is 0 Å². The van der Waals surface area contributed by atoms with Crippen LogP contribution in [0, 0.1) is 5.92 Å². The fourth-order valence-electron chi connectivity index (χ4n) is 2.91. The Morgan fingerprint density at radius 2 is 1.91 bits per heavy atom. The van der Waals surface area contributed by atoms with Gasteiger partial charge < -0.3 is 4.90 Å². The number of likely N-dealkylation sites (tertiary alicyclic amines) is 1. The quantitative estimate of drug-likeness (QED) is 0.664. The number of hydrogen-bond acceptors (Lipinski definition) is 4. The summed E-state index contributed by atoms with van der Waals surface area (Å²) in [6.45, 7) is 4.03. The van der Waals surface area contributed by atoms with Gasteiger partial charge in [0.05, 0.1) is 20.0 Å². The van der Waals surface area contributed by atoms with Crippen molar-refractivity contribution in [2.45, 2.75) is 19.8 Å².